The minimum atomic E-state index is -3.45. The fourth-order valence-corrected chi connectivity index (χ4v) is 6.22. The molecule has 1 saturated heterocycles. The maximum Gasteiger partial charge on any atom is 0.244 e. The highest BCUT2D eigenvalue weighted by Gasteiger charge is 2.34. The molecule has 20 heavy (non-hydrogen) atoms. The van der Waals surface area contributed by atoms with Gasteiger partial charge in [0.1, 0.15) is 0 Å². The summed E-state index contributed by atoms with van der Waals surface area (Å²) in [6.45, 7) is 0.610. The maximum absolute atomic E-state index is 12.9. The van der Waals surface area contributed by atoms with Gasteiger partial charge in [0.25, 0.3) is 0 Å². The maximum atomic E-state index is 12.9. The zero-order valence-electron chi connectivity index (χ0n) is 10.9. The van der Waals surface area contributed by atoms with Crippen molar-refractivity contribution >= 4 is 57.8 Å². The highest BCUT2D eigenvalue weighted by atomic mass is 79.9. The normalized spacial score (nSPS) is 21.1. The molecule has 0 spiro atoms. The molecule has 1 aromatic rings. The van der Waals surface area contributed by atoms with Crippen molar-refractivity contribution in [2.75, 3.05) is 11.9 Å². The second kappa shape index (κ2) is 7.22. The van der Waals surface area contributed by atoms with Gasteiger partial charge in [0.05, 0.1) is 4.90 Å². The van der Waals surface area contributed by atoms with Crippen LogP contribution in [0.25, 0.3) is 0 Å². The largest absolute Gasteiger partial charge is 0.244 e. The van der Waals surface area contributed by atoms with Crippen LogP contribution in [0.15, 0.2) is 32.0 Å². The Balaban J connectivity index is 2.39. The Kier molecular flexibility index (Phi) is 6.11. The number of alkyl halides is 1. The second-order valence-corrected chi connectivity index (χ2v) is 9.24. The van der Waals surface area contributed by atoms with Crippen molar-refractivity contribution < 1.29 is 8.42 Å². The Labute approximate surface area is 145 Å². The van der Waals surface area contributed by atoms with Crippen molar-refractivity contribution in [3.05, 3.63) is 27.1 Å². The summed E-state index contributed by atoms with van der Waals surface area (Å²) >= 11 is 10.1. The average Bonchev–Trinajstić information content (AvgIpc) is 2.42. The first-order valence-electron chi connectivity index (χ1n) is 6.49. The van der Waals surface area contributed by atoms with Crippen molar-refractivity contribution in [3.8, 4) is 0 Å². The third-order valence-electron chi connectivity index (χ3n) is 3.50. The molecule has 3 nitrogen and oxygen atoms in total. The van der Waals surface area contributed by atoms with E-state index in [0.717, 1.165) is 35.5 Å². The van der Waals surface area contributed by atoms with Crippen molar-refractivity contribution in [3.63, 3.8) is 0 Å². The topological polar surface area (TPSA) is 37.4 Å². The van der Waals surface area contributed by atoms with Crippen molar-refractivity contribution in [1.82, 2.24) is 4.31 Å². The number of sulfonamides is 1. The van der Waals surface area contributed by atoms with Crippen LogP contribution >= 0.6 is 47.8 Å². The van der Waals surface area contributed by atoms with Crippen LogP contribution in [-0.4, -0.2) is 30.6 Å². The van der Waals surface area contributed by atoms with Crippen LogP contribution < -0.4 is 0 Å². The summed E-state index contributed by atoms with van der Waals surface area (Å²) in [7, 11) is -3.45. The molecule has 7 heteroatoms. The first kappa shape index (κ1) is 16.9. The minimum absolute atomic E-state index is 0.0963. The molecule has 1 aliphatic rings. The third-order valence-corrected chi connectivity index (χ3v) is 7.39. The number of halogens is 3. The predicted molar refractivity (Wildman–Crippen MR) is 91.8 cm³/mol. The molecule has 1 fully saturated rings. The fourth-order valence-electron chi connectivity index (χ4n) is 2.51. The molecule has 0 aromatic heterocycles. The lowest BCUT2D eigenvalue weighted by atomic mass is 10.0. The lowest BCUT2D eigenvalue weighted by molar-refractivity contribution is 0.248. The molecule has 1 unspecified atom stereocenters. The first-order valence-corrected chi connectivity index (χ1v) is 10.6. The first-order chi connectivity index (χ1) is 9.46. The number of hydrogen-bond donors (Lipinski definition) is 0. The Hall–Kier alpha value is 0.570. The van der Waals surface area contributed by atoms with Crippen LogP contribution in [-0.2, 0) is 10.0 Å². The van der Waals surface area contributed by atoms with Gasteiger partial charge in [-0.3, -0.25) is 0 Å². The van der Waals surface area contributed by atoms with E-state index in [2.05, 4.69) is 47.8 Å². The van der Waals surface area contributed by atoms with E-state index in [1.807, 2.05) is 6.07 Å². The molecule has 0 bridgehead atoms. The van der Waals surface area contributed by atoms with E-state index in [0.29, 0.717) is 15.9 Å². The molecule has 0 N–H and O–H groups in total. The lowest BCUT2D eigenvalue weighted by Gasteiger charge is -2.34. The molecular formula is C13H16Br3NO2S. The number of benzene rings is 1. The smallest absolute Gasteiger partial charge is 0.207 e. The van der Waals surface area contributed by atoms with Crippen LogP contribution in [0.5, 0.6) is 0 Å². The van der Waals surface area contributed by atoms with Gasteiger partial charge >= 0.3 is 0 Å². The number of nitrogens with zero attached hydrogens (tertiary/aromatic N) is 1. The molecule has 1 heterocycles. The van der Waals surface area contributed by atoms with Crippen LogP contribution in [0, 0.1) is 0 Å². The fraction of sp³-hybridized carbons (Fsp3) is 0.538. The van der Waals surface area contributed by atoms with Crippen molar-refractivity contribution in [2.24, 2.45) is 0 Å². The summed E-state index contributed by atoms with van der Waals surface area (Å²) in [6, 6.07) is 5.36. The van der Waals surface area contributed by atoms with E-state index in [-0.39, 0.29) is 6.04 Å². The van der Waals surface area contributed by atoms with Gasteiger partial charge in [0.15, 0.2) is 0 Å². The van der Waals surface area contributed by atoms with Gasteiger partial charge in [0.2, 0.25) is 10.0 Å². The number of hydrogen-bond acceptors (Lipinski definition) is 2. The van der Waals surface area contributed by atoms with Crippen LogP contribution in [0.4, 0.5) is 0 Å². The molecule has 1 aliphatic heterocycles. The Morgan fingerprint density at radius 3 is 2.70 bits per heavy atom. The molecule has 1 aromatic carbocycles. The molecule has 1 atom stereocenters. The summed E-state index contributed by atoms with van der Waals surface area (Å²) in [5, 5.41) is 0.823. The van der Waals surface area contributed by atoms with Crippen LogP contribution in [0.3, 0.4) is 0 Å². The Morgan fingerprint density at radius 2 is 2.00 bits per heavy atom. The van der Waals surface area contributed by atoms with Gasteiger partial charge in [-0.05, 0) is 53.4 Å². The van der Waals surface area contributed by atoms with Gasteiger partial charge in [-0.1, -0.05) is 38.3 Å². The minimum Gasteiger partial charge on any atom is -0.207 e. The molecule has 0 saturated carbocycles. The van der Waals surface area contributed by atoms with Gasteiger partial charge in [-0.2, -0.15) is 4.31 Å². The van der Waals surface area contributed by atoms with E-state index in [1.54, 1.807) is 16.4 Å². The third kappa shape index (κ3) is 3.66. The van der Waals surface area contributed by atoms with Crippen molar-refractivity contribution in [2.45, 2.75) is 36.6 Å². The van der Waals surface area contributed by atoms with Gasteiger partial charge in [-0.15, -0.1) is 0 Å². The quantitative estimate of drug-likeness (QED) is 0.582. The molecule has 112 valence electrons. The average molecular weight is 490 g/mol. The van der Waals surface area contributed by atoms with Gasteiger partial charge in [0, 0.05) is 26.9 Å². The molecule has 0 amide bonds. The summed E-state index contributed by atoms with van der Waals surface area (Å²) < 4.78 is 28.9. The van der Waals surface area contributed by atoms with Gasteiger partial charge in [-0.25, -0.2) is 8.42 Å². The standard InChI is InChI=1S/C13H16Br3NO2S/c14-7-6-11-3-1-2-8-17(11)20(18,19)13-9-10(15)4-5-12(13)16/h4-5,9,11H,1-3,6-8H2. The highest BCUT2D eigenvalue weighted by molar-refractivity contribution is 9.11. The predicted octanol–water partition coefficient (Wildman–Crippen LogP) is 4.54. The van der Waals surface area contributed by atoms with E-state index >= 15 is 0 Å². The lowest BCUT2D eigenvalue weighted by Crippen LogP contribution is -2.43. The summed E-state index contributed by atoms with van der Waals surface area (Å²) in [6.07, 6.45) is 3.83. The highest BCUT2D eigenvalue weighted by Crippen LogP contribution is 2.32. The molecule has 0 aliphatic carbocycles. The molecular weight excluding hydrogens is 474 g/mol. The van der Waals surface area contributed by atoms with Gasteiger partial charge < -0.3 is 0 Å². The Bertz CT molecular complexity index is 575. The van der Waals surface area contributed by atoms with E-state index < -0.39 is 10.0 Å². The molecule has 2 rings (SSSR count). The van der Waals surface area contributed by atoms with Crippen LogP contribution in [0.1, 0.15) is 25.7 Å². The zero-order valence-corrected chi connectivity index (χ0v) is 16.4. The summed E-state index contributed by atoms with van der Waals surface area (Å²) in [5.74, 6) is 0. The van der Waals surface area contributed by atoms with E-state index in [9.17, 15) is 8.42 Å². The van der Waals surface area contributed by atoms with E-state index in [4.69, 9.17) is 0 Å². The summed E-state index contributed by atoms with van der Waals surface area (Å²) in [5.41, 5.74) is 0. The Morgan fingerprint density at radius 1 is 1.25 bits per heavy atom. The molecule has 0 radical (unpaired) electrons. The van der Waals surface area contributed by atoms with Crippen molar-refractivity contribution in [1.29, 1.82) is 0 Å². The number of piperidine rings is 1. The van der Waals surface area contributed by atoms with Crippen LogP contribution in [0.2, 0.25) is 0 Å². The second-order valence-electron chi connectivity index (χ2n) is 4.82. The monoisotopic (exact) mass is 487 g/mol. The van der Waals surface area contributed by atoms with E-state index in [1.165, 1.54) is 0 Å². The zero-order chi connectivity index (χ0) is 14.8. The number of rotatable bonds is 4. The SMILES string of the molecule is O=S(=O)(c1cc(Br)ccc1Br)N1CCCCC1CCBr. The summed E-state index contributed by atoms with van der Waals surface area (Å²) in [4.78, 5) is 0.341.